The van der Waals surface area contributed by atoms with Crippen molar-refractivity contribution in [3.05, 3.63) is 54.2 Å². The Bertz CT molecular complexity index is 625. The fourth-order valence-corrected chi connectivity index (χ4v) is 3.15. The summed E-state index contributed by atoms with van der Waals surface area (Å²) in [6, 6.07) is 7.13. The molecule has 1 heterocycles. The monoisotopic (exact) mass is 340 g/mol. The fourth-order valence-electron chi connectivity index (χ4n) is 1.85. The van der Waals surface area contributed by atoms with E-state index < -0.39 is 0 Å². The highest BCUT2D eigenvalue weighted by molar-refractivity contribution is 9.10. The van der Waals surface area contributed by atoms with Gasteiger partial charge < -0.3 is 5.32 Å². The minimum atomic E-state index is -0.376. The van der Waals surface area contributed by atoms with E-state index in [2.05, 4.69) is 41.2 Å². The zero-order chi connectivity index (χ0) is 14.0. The number of aryl methyl sites for hydroxylation is 2. The summed E-state index contributed by atoms with van der Waals surface area (Å²) >= 11 is 4.98. The van der Waals surface area contributed by atoms with Crippen LogP contribution in [0, 0.1) is 24.0 Å². The van der Waals surface area contributed by atoms with E-state index in [1.807, 2.05) is 0 Å². The molecule has 0 radical (unpaired) electrons. The Morgan fingerprint density at radius 1 is 1.37 bits per heavy atom. The van der Waals surface area contributed by atoms with Gasteiger partial charge in [0.15, 0.2) is 0 Å². The smallest absolute Gasteiger partial charge is 0.293 e. The van der Waals surface area contributed by atoms with Gasteiger partial charge in [-0.2, -0.15) is 0 Å². The Balaban J connectivity index is 2.20. The van der Waals surface area contributed by atoms with Gasteiger partial charge in [-0.25, -0.2) is 0 Å². The first-order valence-corrected chi connectivity index (χ1v) is 7.32. The number of rotatable bonds is 4. The van der Waals surface area contributed by atoms with E-state index in [1.54, 1.807) is 23.5 Å². The molecular formula is C13H13BrN2O2S. The number of thiophene rings is 1. The quantitative estimate of drug-likeness (QED) is 0.651. The largest absolute Gasteiger partial charge is 0.375 e. The molecule has 1 aromatic carbocycles. The van der Waals surface area contributed by atoms with E-state index >= 15 is 0 Å². The van der Waals surface area contributed by atoms with Gasteiger partial charge in [-0.05, 0) is 37.6 Å². The molecule has 0 unspecified atom stereocenters. The average molecular weight is 341 g/mol. The first kappa shape index (κ1) is 14.0. The van der Waals surface area contributed by atoms with Crippen LogP contribution in [0.2, 0.25) is 0 Å². The molecule has 6 heteroatoms. The second kappa shape index (κ2) is 5.71. The predicted molar refractivity (Wildman–Crippen MR) is 81.9 cm³/mol. The van der Waals surface area contributed by atoms with Crippen LogP contribution in [-0.2, 0) is 6.54 Å². The molecule has 0 aliphatic rings. The summed E-state index contributed by atoms with van der Waals surface area (Å²) < 4.78 is 0.701. The van der Waals surface area contributed by atoms with E-state index in [4.69, 9.17) is 0 Å². The van der Waals surface area contributed by atoms with Crippen LogP contribution in [0.1, 0.15) is 15.3 Å². The maximum atomic E-state index is 11.0. The lowest BCUT2D eigenvalue weighted by molar-refractivity contribution is -0.384. The molecule has 0 bridgehead atoms. The van der Waals surface area contributed by atoms with Crippen LogP contribution in [0.3, 0.4) is 0 Å². The zero-order valence-electron chi connectivity index (χ0n) is 10.6. The van der Waals surface area contributed by atoms with Crippen molar-refractivity contribution in [3.63, 3.8) is 0 Å². The van der Waals surface area contributed by atoms with Gasteiger partial charge in [0.05, 0.1) is 4.92 Å². The Kier molecular flexibility index (Phi) is 4.21. The third kappa shape index (κ3) is 3.33. The summed E-state index contributed by atoms with van der Waals surface area (Å²) in [6.07, 6.45) is 0. The lowest BCUT2D eigenvalue weighted by Crippen LogP contribution is -2.02. The van der Waals surface area contributed by atoms with Gasteiger partial charge in [0, 0.05) is 26.8 Å². The molecule has 19 heavy (non-hydrogen) atoms. The highest BCUT2D eigenvalue weighted by atomic mass is 79.9. The van der Waals surface area contributed by atoms with Crippen molar-refractivity contribution in [1.29, 1.82) is 0 Å². The Hall–Kier alpha value is -1.40. The van der Waals surface area contributed by atoms with E-state index in [0.717, 1.165) is 0 Å². The lowest BCUT2D eigenvalue weighted by Gasteiger charge is -2.07. The molecule has 0 atom stereocenters. The maximum Gasteiger partial charge on any atom is 0.293 e. The molecule has 0 saturated heterocycles. The van der Waals surface area contributed by atoms with Crippen molar-refractivity contribution >= 4 is 38.6 Å². The van der Waals surface area contributed by atoms with Crippen molar-refractivity contribution in [3.8, 4) is 0 Å². The van der Waals surface area contributed by atoms with Crippen molar-refractivity contribution in [2.75, 3.05) is 5.32 Å². The summed E-state index contributed by atoms with van der Waals surface area (Å²) in [6.45, 7) is 4.71. The standard InChI is InChI=1S/C13H13BrN2O2S/c1-8-5-10(9(2)19-8)7-15-12-4-3-11(14)6-13(12)16(17)18/h3-6,15H,7H2,1-2H3. The molecule has 1 N–H and O–H groups in total. The van der Waals surface area contributed by atoms with Crippen molar-refractivity contribution < 1.29 is 4.92 Å². The number of nitrogens with zero attached hydrogens (tertiary/aromatic N) is 1. The first-order valence-electron chi connectivity index (χ1n) is 5.71. The SMILES string of the molecule is Cc1cc(CNc2ccc(Br)cc2[N+](=O)[O-])c(C)s1. The number of benzene rings is 1. The molecule has 100 valence electrons. The topological polar surface area (TPSA) is 55.2 Å². The third-order valence-corrected chi connectivity index (χ3v) is 4.27. The molecule has 1 aromatic heterocycles. The van der Waals surface area contributed by atoms with Crippen LogP contribution in [0.4, 0.5) is 11.4 Å². The number of hydrogen-bond donors (Lipinski definition) is 1. The Morgan fingerprint density at radius 2 is 2.11 bits per heavy atom. The first-order chi connectivity index (χ1) is 8.97. The van der Waals surface area contributed by atoms with Gasteiger partial charge in [-0.15, -0.1) is 11.3 Å². The summed E-state index contributed by atoms with van der Waals surface area (Å²) in [7, 11) is 0. The number of nitro benzene ring substituents is 1. The van der Waals surface area contributed by atoms with Gasteiger partial charge in [0.2, 0.25) is 0 Å². The van der Waals surface area contributed by atoms with Gasteiger partial charge in [0.25, 0.3) is 5.69 Å². The van der Waals surface area contributed by atoms with Crippen molar-refractivity contribution in [1.82, 2.24) is 0 Å². The molecule has 0 saturated carbocycles. The van der Waals surface area contributed by atoms with E-state index in [9.17, 15) is 10.1 Å². The zero-order valence-corrected chi connectivity index (χ0v) is 13.0. The molecule has 0 fully saturated rings. The normalized spacial score (nSPS) is 10.5. The molecule has 0 amide bonds. The van der Waals surface area contributed by atoms with E-state index in [0.29, 0.717) is 16.7 Å². The predicted octanol–water partition coefficient (Wildman–Crippen LogP) is 4.65. The van der Waals surface area contributed by atoms with Crippen molar-refractivity contribution in [2.45, 2.75) is 20.4 Å². The molecule has 0 aliphatic carbocycles. The summed E-state index contributed by atoms with van der Waals surface area (Å²) in [4.78, 5) is 13.1. The minimum absolute atomic E-state index is 0.0824. The fraction of sp³-hybridized carbons (Fsp3) is 0.231. The molecule has 2 rings (SSSR count). The Morgan fingerprint density at radius 3 is 2.68 bits per heavy atom. The number of halogens is 1. The number of anilines is 1. The van der Waals surface area contributed by atoms with Crippen LogP contribution in [0.15, 0.2) is 28.7 Å². The van der Waals surface area contributed by atoms with Crippen molar-refractivity contribution in [2.24, 2.45) is 0 Å². The highest BCUT2D eigenvalue weighted by Crippen LogP contribution is 2.29. The maximum absolute atomic E-state index is 11.0. The second-order valence-corrected chi connectivity index (χ2v) is 6.59. The molecule has 0 spiro atoms. The second-order valence-electron chi connectivity index (χ2n) is 4.21. The van der Waals surface area contributed by atoms with Gasteiger partial charge in [0.1, 0.15) is 5.69 Å². The lowest BCUT2D eigenvalue weighted by atomic mass is 10.2. The van der Waals surface area contributed by atoms with Gasteiger partial charge in [-0.3, -0.25) is 10.1 Å². The minimum Gasteiger partial charge on any atom is -0.375 e. The van der Waals surface area contributed by atoms with E-state index in [1.165, 1.54) is 21.4 Å². The van der Waals surface area contributed by atoms with E-state index in [-0.39, 0.29) is 10.6 Å². The molecular weight excluding hydrogens is 328 g/mol. The van der Waals surface area contributed by atoms with Gasteiger partial charge in [-0.1, -0.05) is 15.9 Å². The third-order valence-electron chi connectivity index (χ3n) is 2.77. The Labute approximate surface area is 123 Å². The van der Waals surface area contributed by atoms with Crippen LogP contribution < -0.4 is 5.32 Å². The van der Waals surface area contributed by atoms with Gasteiger partial charge >= 0.3 is 0 Å². The highest BCUT2D eigenvalue weighted by Gasteiger charge is 2.14. The number of nitrogens with one attached hydrogen (secondary N) is 1. The summed E-state index contributed by atoms with van der Waals surface area (Å²) in [5, 5.41) is 14.1. The van der Waals surface area contributed by atoms with Crippen LogP contribution in [0.5, 0.6) is 0 Å². The summed E-state index contributed by atoms with van der Waals surface area (Å²) in [5.74, 6) is 0. The average Bonchev–Trinajstić information content (AvgIpc) is 2.66. The number of hydrogen-bond acceptors (Lipinski definition) is 4. The van der Waals surface area contributed by atoms with Crippen LogP contribution in [-0.4, -0.2) is 4.92 Å². The van der Waals surface area contributed by atoms with Crippen LogP contribution in [0.25, 0.3) is 0 Å². The number of nitro groups is 1. The molecule has 4 nitrogen and oxygen atoms in total. The molecule has 0 aliphatic heterocycles. The molecule has 2 aromatic rings. The summed E-state index contributed by atoms with van der Waals surface area (Å²) in [5.41, 5.74) is 1.80. The van der Waals surface area contributed by atoms with Crippen LogP contribution >= 0.6 is 27.3 Å².